The molecule has 0 bridgehead atoms. The summed E-state index contributed by atoms with van der Waals surface area (Å²) in [6.07, 6.45) is 2.48. The highest BCUT2D eigenvalue weighted by Gasteiger charge is 2.32. The highest BCUT2D eigenvalue weighted by molar-refractivity contribution is 5.50. The van der Waals surface area contributed by atoms with Crippen LogP contribution in [0.5, 0.6) is 5.75 Å². The van der Waals surface area contributed by atoms with Gasteiger partial charge in [-0.25, -0.2) is 0 Å². The Morgan fingerprint density at radius 1 is 1.29 bits per heavy atom. The number of ether oxygens (including phenoxy) is 1. The van der Waals surface area contributed by atoms with Crippen molar-refractivity contribution in [3.8, 4) is 5.75 Å². The molecule has 1 aliphatic rings. The summed E-state index contributed by atoms with van der Waals surface area (Å²) in [4.78, 5) is 0. The van der Waals surface area contributed by atoms with Crippen molar-refractivity contribution < 1.29 is 4.74 Å². The van der Waals surface area contributed by atoms with E-state index in [0.717, 1.165) is 5.75 Å². The van der Waals surface area contributed by atoms with E-state index in [-0.39, 0.29) is 0 Å². The van der Waals surface area contributed by atoms with E-state index >= 15 is 0 Å². The summed E-state index contributed by atoms with van der Waals surface area (Å²) in [7, 11) is 1.75. The lowest BCUT2D eigenvalue weighted by Crippen LogP contribution is -2.14. The zero-order chi connectivity index (χ0) is 10.3. The van der Waals surface area contributed by atoms with Crippen LogP contribution in [0.2, 0.25) is 0 Å². The molecular formula is C13H18O. The average molecular weight is 190 g/mol. The topological polar surface area (TPSA) is 9.23 Å². The van der Waals surface area contributed by atoms with E-state index in [0.29, 0.717) is 5.41 Å². The van der Waals surface area contributed by atoms with Crippen LogP contribution in [0.25, 0.3) is 0 Å². The minimum atomic E-state index is 0.327. The largest absolute Gasteiger partial charge is 0.496 e. The summed E-state index contributed by atoms with van der Waals surface area (Å²) in [5.41, 5.74) is 4.67. The number of hydrogen-bond acceptors (Lipinski definition) is 1. The number of benzene rings is 1. The molecule has 0 saturated heterocycles. The Labute approximate surface area is 86.1 Å². The van der Waals surface area contributed by atoms with Crippen LogP contribution in [0, 0.1) is 6.92 Å². The lowest BCUT2D eigenvalue weighted by atomic mass is 9.84. The fourth-order valence-corrected chi connectivity index (χ4v) is 2.69. The summed E-state index contributed by atoms with van der Waals surface area (Å²) >= 11 is 0. The van der Waals surface area contributed by atoms with Crippen LogP contribution < -0.4 is 4.74 Å². The third kappa shape index (κ3) is 1.23. The summed E-state index contributed by atoms with van der Waals surface area (Å²) in [5.74, 6) is 1.03. The van der Waals surface area contributed by atoms with Gasteiger partial charge in [-0.3, -0.25) is 0 Å². The van der Waals surface area contributed by atoms with Crippen molar-refractivity contribution in [3.05, 3.63) is 28.8 Å². The zero-order valence-electron chi connectivity index (χ0n) is 9.48. The van der Waals surface area contributed by atoms with Crippen LogP contribution >= 0.6 is 0 Å². The van der Waals surface area contributed by atoms with Crippen molar-refractivity contribution in [2.75, 3.05) is 7.11 Å². The predicted octanol–water partition coefficient (Wildman–Crippen LogP) is 3.23. The molecule has 1 aromatic rings. The fourth-order valence-electron chi connectivity index (χ4n) is 2.69. The van der Waals surface area contributed by atoms with Crippen LogP contribution in [0.4, 0.5) is 0 Å². The molecule has 0 unspecified atom stereocenters. The molecule has 0 amide bonds. The van der Waals surface area contributed by atoms with Crippen LogP contribution in [0.3, 0.4) is 0 Å². The molecular weight excluding hydrogens is 172 g/mol. The number of aryl methyl sites for hydroxylation is 1. The molecule has 1 aliphatic carbocycles. The lowest BCUT2D eigenvalue weighted by molar-refractivity contribution is 0.409. The Bertz CT molecular complexity index is 364. The second-order valence-electron chi connectivity index (χ2n) is 4.81. The van der Waals surface area contributed by atoms with E-state index in [1.807, 2.05) is 0 Å². The van der Waals surface area contributed by atoms with Crippen LogP contribution in [-0.4, -0.2) is 7.11 Å². The summed E-state index contributed by atoms with van der Waals surface area (Å²) in [5, 5.41) is 0. The van der Waals surface area contributed by atoms with Crippen molar-refractivity contribution in [1.29, 1.82) is 0 Å². The lowest BCUT2D eigenvalue weighted by Gasteiger charge is -2.22. The number of fused-ring (bicyclic) bond motifs is 1. The van der Waals surface area contributed by atoms with Crippen LogP contribution in [0.1, 0.15) is 37.0 Å². The summed E-state index contributed by atoms with van der Waals surface area (Å²) < 4.78 is 5.36. The molecule has 0 spiro atoms. The molecule has 1 aromatic carbocycles. The molecule has 0 N–H and O–H groups in total. The van der Waals surface area contributed by atoms with Gasteiger partial charge in [-0.05, 0) is 47.9 Å². The molecule has 0 heterocycles. The standard InChI is InChI=1S/C13H18O/c1-9-11(14-4)6-5-10-7-8-13(2,3)12(9)10/h5-6H,7-8H2,1-4H3. The molecule has 1 heteroatoms. The van der Waals surface area contributed by atoms with Crippen molar-refractivity contribution >= 4 is 0 Å². The van der Waals surface area contributed by atoms with Crippen molar-refractivity contribution in [1.82, 2.24) is 0 Å². The van der Waals surface area contributed by atoms with E-state index in [1.54, 1.807) is 7.11 Å². The summed E-state index contributed by atoms with van der Waals surface area (Å²) in [6.45, 7) is 6.82. The molecule has 0 fully saturated rings. The van der Waals surface area contributed by atoms with E-state index in [2.05, 4.69) is 32.9 Å². The Hall–Kier alpha value is -0.980. The first-order chi connectivity index (χ1) is 6.56. The van der Waals surface area contributed by atoms with E-state index < -0.39 is 0 Å². The van der Waals surface area contributed by atoms with Gasteiger partial charge in [0.15, 0.2) is 0 Å². The average Bonchev–Trinajstić information content (AvgIpc) is 2.43. The highest BCUT2D eigenvalue weighted by Crippen LogP contribution is 2.42. The van der Waals surface area contributed by atoms with Gasteiger partial charge in [-0.15, -0.1) is 0 Å². The first kappa shape index (κ1) is 9.57. The molecule has 14 heavy (non-hydrogen) atoms. The molecule has 0 aromatic heterocycles. The number of methoxy groups -OCH3 is 1. The second-order valence-corrected chi connectivity index (χ2v) is 4.81. The van der Waals surface area contributed by atoms with E-state index in [1.165, 1.54) is 29.5 Å². The molecule has 2 rings (SSSR count). The summed E-state index contributed by atoms with van der Waals surface area (Å²) in [6, 6.07) is 4.31. The molecule has 0 atom stereocenters. The van der Waals surface area contributed by atoms with Gasteiger partial charge in [0.05, 0.1) is 7.11 Å². The van der Waals surface area contributed by atoms with Crippen molar-refractivity contribution in [2.45, 2.75) is 39.0 Å². The zero-order valence-corrected chi connectivity index (χ0v) is 9.48. The Morgan fingerprint density at radius 2 is 2.00 bits per heavy atom. The van der Waals surface area contributed by atoms with Gasteiger partial charge in [0.25, 0.3) is 0 Å². The minimum absolute atomic E-state index is 0.327. The van der Waals surface area contributed by atoms with Crippen LogP contribution in [-0.2, 0) is 11.8 Å². The third-order valence-electron chi connectivity index (χ3n) is 3.42. The molecule has 1 nitrogen and oxygen atoms in total. The maximum atomic E-state index is 5.36. The maximum Gasteiger partial charge on any atom is 0.122 e. The van der Waals surface area contributed by atoms with Crippen molar-refractivity contribution in [2.24, 2.45) is 0 Å². The molecule has 76 valence electrons. The maximum absolute atomic E-state index is 5.36. The Morgan fingerprint density at radius 3 is 2.64 bits per heavy atom. The second kappa shape index (κ2) is 3.01. The molecule has 0 radical (unpaired) electrons. The fraction of sp³-hybridized carbons (Fsp3) is 0.538. The Kier molecular flexibility index (Phi) is 2.06. The monoisotopic (exact) mass is 190 g/mol. The van der Waals surface area contributed by atoms with Crippen molar-refractivity contribution in [3.63, 3.8) is 0 Å². The highest BCUT2D eigenvalue weighted by atomic mass is 16.5. The number of hydrogen-bond donors (Lipinski definition) is 0. The van der Waals surface area contributed by atoms with Gasteiger partial charge in [0.1, 0.15) is 5.75 Å². The minimum Gasteiger partial charge on any atom is -0.496 e. The Balaban J connectivity index is 2.62. The van der Waals surface area contributed by atoms with Gasteiger partial charge in [-0.1, -0.05) is 19.9 Å². The van der Waals surface area contributed by atoms with Gasteiger partial charge in [0, 0.05) is 0 Å². The van der Waals surface area contributed by atoms with Gasteiger partial charge in [0.2, 0.25) is 0 Å². The van der Waals surface area contributed by atoms with Gasteiger partial charge in [-0.2, -0.15) is 0 Å². The molecule has 0 aliphatic heterocycles. The van der Waals surface area contributed by atoms with E-state index in [9.17, 15) is 0 Å². The SMILES string of the molecule is COc1ccc2c(c1C)C(C)(C)CC2. The number of rotatable bonds is 1. The first-order valence-electron chi connectivity index (χ1n) is 5.23. The van der Waals surface area contributed by atoms with E-state index in [4.69, 9.17) is 4.74 Å². The van der Waals surface area contributed by atoms with Gasteiger partial charge < -0.3 is 4.74 Å². The van der Waals surface area contributed by atoms with Gasteiger partial charge >= 0.3 is 0 Å². The molecule has 0 saturated carbocycles. The predicted molar refractivity (Wildman–Crippen MR) is 59.1 cm³/mol. The smallest absolute Gasteiger partial charge is 0.122 e. The quantitative estimate of drug-likeness (QED) is 0.660. The third-order valence-corrected chi connectivity index (χ3v) is 3.42. The normalized spacial score (nSPS) is 18.0. The first-order valence-corrected chi connectivity index (χ1v) is 5.23. The van der Waals surface area contributed by atoms with Crippen LogP contribution in [0.15, 0.2) is 12.1 Å².